The molecule has 5 rings (SSSR count). The second-order valence-corrected chi connectivity index (χ2v) is 14.7. The first-order chi connectivity index (χ1) is 15.8. The molecule has 0 aromatic rings. The van der Waals surface area contributed by atoms with Gasteiger partial charge in [-0.2, -0.15) is 0 Å². The monoisotopic (exact) mass is 470 g/mol. The zero-order valence-electron chi connectivity index (χ0n) is 23.0. The molecule has 0 radical (unpaired) electrons. The van der Waals surface area contributed by atoms with Crippen molar-refractivity contribution in [2.75, 3.05) is 7.11 Å². The van der Waals surface area contributed by atoms with Gasteiger partial charge in [-0.05, 0) is 122 Å². The number of hydrogen-bond acceptors (Lipinski definition) is 3. The number of allylic oxidation sites excluding steroid dienone is 1. The average Bonchev–Trinajstić information content (AvgIpc) is 3.18. The minimum absolute atomic E-state index is 0.00478. The number of carbonyl (C=O) groups excluding carboxylic acids is 1. The maximum atomic E-state index is 13.3. The quantitative estimate of drug-likeness (QED) is 0.343. The summed E-state index contributed by atoms with van der Waals surface area (Å²) in [5.41, 5.74) is 1.78. The predicted octanol–water partition coefficient (Wildman–Crippen LogP) is 7.18. The van der Waals surface area contributed by atoms with Gasteiger partial charge in [-0.3, -0.25) is 4.79 Å². The van der Waals surface area contributed by atoms with Crippen LogP contribution in [0.2, 0.25) is 0 Å². The second kappa shape index (κ2) is 7.59. The molecule has 34 heavy (non-hydrogen) atoms. The summed E-state index contributed by atoms with van der Waals surface area (Å²) in [6, 6.07) is 0. The largest absolute Gasteiger partial charge is 0.469 e. The number of fused-ring (bicyclic) bond motifs is 7. The van der Waals surface area contributed by atoms with Gasteiger partial charge in [0.1, 0.15) is 0 Å². The van der Waals surface area contributed by atoms with Gasteiger partial charge in [0.05, 0.1) is 18.6 Å². The number of ether oxygens (including phenoxy) is 1. The van der Waals surface area contributed by atoms with E-state index >= 15 is 0 Å². The first-order valence-electron chi connectivity index (χ1n) is 14.2. The summed E-state index contributed by atoms with van der Waals surface area (Å²) in [5, 5.41) is 10.9. The van der Waals surface area contributed by atoms with Crippen LogP contribution in [0.25, 0.3) is 0 Å². The van der Waals surface area contributed by atoms with Crippen molar-refractivity contribution < 1.29 is 14.6 Å². The van der Waals surface area contributed by atoms with Crippen LogP contribution < -0.4 is 0 Å². The Morgan fingerprint density at radius 2 is 1.56 bits per heavy atom. The third-order valence-corrected chi connectivity index (χ3v) is 13.6. The van der Waals surface area contributed by atoms with E-state index in [1.54, 1.807) is 7.11 Å². The molecule has 0 bridgehead atoms. The van der Waals surface area contributed by atoms with Crippen molar-refractivity contribution in [3.05, 3.63) is 12.2 Å². The molecule has 10 atom stereocenters. The van der Waals surface area contributed by atoms with Crippen LogP contribution in [-0.2, 0) is 9.53 Å². The summed E-state index contributed by atoms with van der Waals surface area (Å²) in [5.74, 6) is 2.72. The Balaban J connectivity index is 1.56. The Labute approximate surface area is 208 Å². The van der Waals surface area contributed by atoms with Crippen LogP contribution in [-0.4, -0.2) is 24.3 Å². The minimum Gasteiger partial charge on any atom is -0.469 e. The highest BCUT2D eigenvalue weighted by atomic mass is 16.5. The standard InChI is InChI=1S/C31H50O3/c1-19(2)20-11-16-31(26(33)34-8)18-17-29(6)21(25(20)31)9-10-23-28(5)14-13-24(32)27(3,4)22(28)12-15-30(23,29)7/h20-25,32H,1,9-18H2,2-8H3/t20?,21-,22?,23?,24-,25?,28+,29-,30-,31+/m1/s1. The van der Waals surface area contributed by atoms with Crippen LogP contribution in [0.5, 0.6) is 0 Å². The SMILES string of the molecule is C=C(C)C1CC[C@]2(C(=O)OC)CC[C@]3(C)[C@H](CCC4[C@@]5(C)CC[C@@H](O)C(C)(C)C5CC[C@]43C)C12. The first kappa shape index (κ1) is 24.8. The van der Waals surface area contributed by atoms with Gasteiger partial charge in [0, 0.05) is 0 Å². The topological polar surface area (TPSA) is 46.5 Å². The molecule has 3 heteroatoms. The number of rotatable bonds is 2. The van der Waals surface area contributed by atoms with E-state index in [-0.39, 0.29) is 33.7 Å². The Hall–Kier alpha value is -0.830. The molecule has 0 amide bonds. The Morgan fingerprint density at radius 3 is 2.21 bits per heavy atom. The number of hydrogen-bond donors (Lipinski definition) is 1. The molecule has 3 nitrogen and oxygen atoms in total. The molecule has 0 spiro atoms. The molecule has 5 aliphatic carbocycles. The fourth-order valence-electron chi connectivity index (χ4n) is 11.7. The predicted molar refractivity (Wildman–Crippen MR) is 137 cm³/mol. The Morgan fingerprint density at radius 1 is 0.853 bits per heavy atom. The number of aliphatic hydroxyl groups excluding tert-OH is 1. The van der Waals surface area contributed by atoms with E-state index < -0.39 is 0 Å². The lowest BCUT2D eigenvalue weighted by Gasteiger charge is -2.72. The van der Waals surface area contributed by atoms with E-state index in [1.165, 1.54) is 31.3 Å². The molecule has 0 aliphatic heterocycles. The smallest absolute Gasteiger partial charge is 0.312 e. The number of carbonyl (C=O) groups is 1. The number of methoxy groups -OCH3 is 1. The maximum Gasteiger partial charge on any atom is 0.312 e. The van der Waals surface area contributed by atoms with Crippen LogP contribution >= 0.6 is 0 Å². The zero-order chi connectivity index (χ0) is 24.9. The molecule has 0 aromatic carbocycles. The van der Waals surface area contributed by atoms with Gasteiger partial charge in [0.2, 0.25) is 0 Å². The number of esters is 1. The molecule has 192 valence electrons. The molecule has 5 fully saturated rings. The highest BCUT2D eigenvalue weighted by Crippen LogP contribution is 2.77. The van der Waals surface area contributed by atoms with Crippen LogP contribution in [0, 0.1) is 56.7 Å². The van der Waals surface area contributed by atoms with Crippen molar-refractivity contribution >= 4 is 5.97 Å². The highest BCUT2D eigenvalue weighted by Gasteiger charge is 2.72. The van der Waals surface area contributed by atoms with E-state index in [9.17, 15) is 9.90 Å². The summed E-state index contributed by atoms with van der Waals surface area (Å²) in [4.78, 5) is 13.3. The van der Waals surface area contributed by atoms with Gasteiger partial charge >= 0.3 is 5.97 Å². The molecule has 0 aromatic heterocycles. The Kier molecular flexibility index (Phi) is 5.55. The van der Waals surface area contributed by atoms with Crippen LogP contribution in [0.15, 0.2) is 12.2 Å². The Bertz CT molecular complexity index is 876. The van der Waals surface area contributed by atoms with E-state index in [0.717, 1.165) is 38.5 Å². The highest BCUT2D eigenvalue weighted by molar-refractivity contribution is 5.78. The van der Waals surface area contributed by atoms with Gasteiger partial charge in [0.25, 0.3) is 0 Å². The summed E-state index contributed by atoms with van der Waals surface area (Å²) in [6.07, 6.45) is 11.1. The lowest BCUT2D eigenvalue weighted by molar-refractivity contribution is -0.248. The van der Waals surface area contributed by atoms with E-state index in [0.29, 0.717) is 35.0 Å². The summed E-state index contributed by atoms with van der Waals surface area (Å²) >= 11 is 0. The molecule has 5 aliphatic rings. The first-order valence-corrected chi connectivity index (χ1v) is 14.2. The van der Waals surface area contributed by atoms with Crippen LogP contribution in [0.4, 0.5) is 0 Å². The molecule has 5 saturated carbocycles. The van der Waals surface area contributed by atoms with Gasteiger partial charge in [-0.25, -0.2) is 0 Å². The van der Waals surface area contributed by atoms with E-state index in [4.69, 9.17) is 4.74 Å². The number of aliphatic hydroxyl groups is 1. The molecule has 1 N–H and O–H groups in total. The van der Waals surface area contributed by atoms with Crippen molar-refractivity contribution in [3.8, 4) is 0 Å². The molecule has 0 heterocycles. The third-order valence-electron chi connectivity index (χ3n) is 13.6. The average molecular weight is 471 g/mol. The summed E-state index contributed by atoms with van der Waals surface area (Å²) in [6.45, 7) is 19.1. The van der Waals surface area contributed by atoms with E-state index in [2.05, 4.69) is 48.1 Å². The summed E-state index contributed by atoms with van der Waals surface area (Å²) < 4.78 is 5.49. The maximum absolute atomic E-state index is 13.3. The van der Waals surface area contributed by atoms with Crippen molar-refractivity contribution in [3.63, 3.8) is 0 Å². The van der Waals surface area contributed by atoms with Gasteiger partial charge < -0.3 is 9.84 Å². The lowest BCUT2D eigenvalue weighted by atomic mass is 9.32. The van der Waals surface area contributed by atoms with Crippen molar-refractivity contribution in [2.45, 2.75) is 112 Å². The van der Waals surface area contributed by atoms with Gasteiger partial charge in [-0.1, -0.05) is 46.8 Å². The summed E-state index contributed by atoms with van der Waals surface area (Å²) in [7, 11) is 1.59. The van der Waals surface area contributed by atoms with Crippen molar-refractivity contribution in [1.82, 2.24) is 0 Å². The second-order valence-electron chi connectivity index (χ2n) is 14.7. The van der Waals surface area contributed by atoms with E-state index in [1.807, 2.05) is 0 Å². The van der Waals surface area contributed by atoms with Crippen LogP contribution in [0.3, 0.4) is 0 Å². The fourth-order valence-corrected chi connectivity index (χ4v) is 11.7. The third kappa shape index (κ3) is 2.83. The minimum atomic E-state index is -0.302. The lowest BCUT2D eigenvalue weighted by Crippen LogP contribution is -2.67. The van der Waals surface area contributed by atoms with Crippen molar-refractivity contribution in [1.29, 1.82) is 0 Å². The fraction of sp³-hybridized carbons (Fsp3) is 0.903. The normalized spacial score (nSPS) is 53.6. The zero-order valence-corrected chi connectivity index (χ0v) is 23.0. The van der Waals surface area contributed by atoms with Crippen LogP contribution in [0.1, 0.15) is 106 Å². The van der Waals surface area contributed by atoms with Gasteiger partial charge in [0.15, 0.2) is 0 Å². The molecule has 4 unspecified atom stereocenters. The molecule has 0 saturated heterocycles. The van der Waals surface area contributed by atoms with Gasteiger partial charge in [-0.15, -0.1) is 0 Å². The molecular weight excluding hydrogens is 420 g/mol. The molecular formula is C31H50O3. The van der Waals surface area contributed by atoms with Crippen molar-refractivity contribution in [2.24, 2.45) is 56.7 Å².